The summed E-state index contributed by atoms with van der Waals surface area (Å²) >= 11 is 1.51. The van der Waals surface area contributed by atoms with Gasteiger partial charge in [-0.15, -0.1) is 0 Å². The first-order valence-corrected chi connectivity index (χ1v) is 8.40. The van der Waals surface area contributed by atoms with Gasteiger partial charge in [0.2, 0.25) is 0 Å². The van der Waals surface area contributed by atoms with Crippen molar-refractivity contribution in [1.29, 1.82) is 0 Å². The lowest BCUT2D eigenvalue weighted by atomic mass is 10.1. The third-order valence-electron chi connectivity index (χ3n) is 3.67. The van der Waals surface area contributed by atoms with E-state index < -0.39 is 11.7 Å². The molecule has 0 radical (unpaired) electrons. The predicted molar refractivity (Wildman–Crippen MR) is 97.2 cm³/mol. The fourth-order valence-corrected chi connectivity index (χ4v) is 3.35. The first-order chi connectivity index (χ1) is 12.2. The number of pyridine rings is 1. The quantitative estimate of drug-likeness (QED) is 0.581. The Bertz CT molecular complexity index is 1030. The predicted octanol–water partition coefficient (Wildman–Crippen LogP) is 4.75. The molecule has 4 rings (SSSR count). The van der Waals surface area contributed by atoms with Crippen LogP contribution >= 0.6 is 11.3 Å². The van der Waals surface area contributed by atoms with Crippen molar-refractivity contribution in [3.63, 3.8) is 0 Å². The van der Waals surface area contributed by atoms with Crippen LogP contribution in [0.5, 0.6) is 0 Å². The molecule has 25 heavy (non-hydrogen) atoms. The number of hydrogen-bond acceptors (Lipinski definition) is 4. The van der Waals surface area contributed by atoms with Gasteiger partial charge in [-0.1, -0.05) is 23.5 Å². The Labute approximate surface area is 147 Å². The highest BCUT2D eigenvalue weighted by Crippen LogP contribution is 2.29. The lowest BCUT2D eigenvalue weighted by Crippen LogP contribution is -2.13. The van der Waals surface area contributed by atoms with Crippen LogP contribution in [0.25, 0.3) is 20.9 Å². The van der Waals surface area contributed by atoms with E-state index >= 15 is 0 Å². The number of carbonyl (C=O) groups is 1. The SMILES string of the molecule is O=C(Nc1ccc(-c2nc3cccnc3s2)cc1)c1ccccc1F. The molecule has 2 aromatic carbocycles. The second-order valence-electron chi connectivity index (χ2n) is 5.36. The van der Waals surface area contributed by atoms with Crippen molar-refractivity contribution in [1.82, 2.24) is 9.97 Å². The van der Waals surface area contributed by atoms with E-state index in [1.807, 2.05) is 24.3 Å². The fourth-order valence-electron chi connectivity index (χ4n) is 2.43. The maximum absolute atomic E-state index is 13.7. The molecule has 1 amide bonds. The molecule has 6 heteroatoms. The molecular weight excluding hydrogens is 337 g/mol. The molecule has 0 bridgehead atoms. The minimum atomic E-state index is -0.543. The van der Waals surface area contributed by atoms with Crippen molar-refractivity contribution in [2.45, 2.75) is 0 Å². The van der Waals surface area contributed by atoms with Gasteiger partial charge in [0.05, 0.1) is 5.56 Å². The highest BCUT2D eigenvalue weighted by Gasteiger charge is 2.11. The summed E-state index contributed by atoms with van der Waals surface area (Å²) in [4.78, 5) is 21.9. The highest BCUT2D eigenvalue weighted by atomic mass is 32.1. The standard InChI is InChI=1S/C19H12FN3OS/c20-15-5-2-1-4-14(15)17(24)22-13-9-7-12(8-10-13)18-23-16-6-3-11-21-19(16)25-18/h1-11H,(H,22,24). The second-order valence-corrected chi connectivity index (χ2v) is 6.34. The minimum Gasteiger partial charge on any atom is -0.322 e. The van der Waals surface area contributed by atoms with Gasteiger partial charge in [-0.05, 0) is 48.5 Å². The Hall–Kier alpha value is -3.12. The largest absolute Gasteiger partial charge is 0.322 e. The summed E-state index contributed by atoms with van der Waals surface area (Å²) in [6.07, 6.45) is 1.74. The van der Waals surface area contributed by atoms with Crippen LogP contribution in [0.2, 0.25) is 0 Å². The van der Waals surface area contributed by atoms with Crippen LogP contribution in [-0.4, -0.2) is 15.9 Å². The lowest BCUT2D eigenvalue weighted by Gasteiger charge is -2.06. The fraction of sp³-hybridized carbons (Fsp3) is 0. The molecular formula is C19H12FN3OS. The van der Waals surface area contributed by atoms with Crippen LogP contribution in [0.4, 0.5) is 10.1 Å². The maximum Gasteiger partial charge on any atom is 0.258 e. The molecule has 0 saturated heterocycles. The number of halogens is 1. The smallest absolute Gasteiger partial charge is 0.258 e. The normalized spacial score (nSPS) is 10.8. The molecule has 0 unspecified atom stereocenters. The molecule has 122 valence electrons. The Morgan fingerprint density at radius 2 is 1.80 bits per heavy atom. The van der Waals surface area contributed by atoms with Gasteiger partial charge in [0.25, 0.3) is 5.91 Å². The minimum absolute atomic E-state index is 0.0174. The summed E-state index contributed by atoms with van der Waals surface area (Å²) in [5, 5.41) is 3.56. The molecule has 1 N–H and O–H groups in total. The molecule has 0 aliphatic rings. The number of rotatable bonds is 3. The van der Waals surface area contributed by atoms with Crippen LogP contribution in [0.15, 0.2) is 66.9 Å². The summed E-state index contributed by atoms with van der Waals surface area (Å²) in [7, 11) is 0. The Balaban J connectivity index is 1.56. The van der Waals surface area contributed by atoms with Crippen molar-refractivity contribution in [2.24, 2.45) is 0 Å². The van der Waals surface area contributed by atoms with Crippen molar-refractivity contribution < 1.29 is 9.18 Å². The number of aromatic nitrogens is 2. The average Bonchev–Trinajstić information content (AvgIpc) is 3.07. The molecule has 2 aromatic heterocycles. The molecule has 4 nitrogen and oxygen atoms in total. The highest BCUT2D eigenvalue weighted by molar-refractivity contribution is 7.21. The number of carbonyl (C=O) groups excluding carboxylic acids is 1. The van der Waals surface area contributed by atoms with E-state index in [1.165, 1.54) is 23.5 Å². The van der Waals surface area contributed by atoms with Crippen LogP contribution in [0.1, 0.15) is 10.4 Å². The number of fused-ring (bicyclic) bond motifs is 1. The summed E-state index contributed by atoms with van der Waals surface area (Å²) < 4.78 is 13.7. The monoisotopic (exact) mass is 349 g/mol. The zero-order valence-electron chi connectivity index (χ0n) is 12.9. The van der Waals surface area contributed by atoms with E-state index in [2.05, 4.69) is 15.3 Å². The van der Waals surface area contributed by atoms with Crippen LogP contribution in [0, 0.1) is 5.82 Å². The van der Waals surface area contributed by atoms with Crippen LogP contribution in [-0.2, 0) is 0 Å². The summed E-state index contributed by atoms with van der Waals surface area (Å²) in [6.45, 7) is 0. The molecule has 0 spiro atoms. The number of benzene rings is 2. The molecule has 0 aliphatic carbocycles. The van der Waals surface area contributed by atoms with E-state index in [-0.39, 0.29) is 5.56 Å². The first-order valence-electron chi connectivity index (χ1n) is 7.58. The Kier molecular flexibility index (Phi) is 3.95. The van der Waals surface area contributed by atoms with Crippen molar-refractivity contribution >= 4 is 33.3 Å². The Morgan fingerprint density at radius 3 is 2.56 bits per heavy atom. The van der Waals surface area contributed by atoms with Gasteiger partial charge in [-0.2, -0.15) is 0 Å². The number of hydrogen-bond donors (Lipinski definition) is 1. The second kappa shape index (κ2) is 6.41. The van der Waals surface area contributed by atoms with Crippen LogP contribution < -0.4 is 5.32 Å². The molecule has 0 aliphatic heterocycles. The molecule has 2 heterocycles. The van der Waals surface area contributed by atoms with Gasteiger partial charge in [0, 0.05) is 17.4 Å². The van der Waals surface area contributed by atoms with Gasteiger partial charge >= 0.3 is 0 Å². The van der Waals surface area contributed by atoms with Crippen LogP contribution in [0.3, 0.4) is 0 Å². The van der Waals surface area contributed by atoms with Crippen molar-refractivity contribution in [3.8, 4) is 10.6 Å². The third-order valence-corrected chi connectivity index (χ3v) is 4.70. The average molecular weight is 349 g/mol. The van der Waals surface area contributed by atoms with E-state index in [0.717, 1.165) is 20.9 Å². The third kappa shape index (κ3) is 3.12. The number of anilines is 1. The van der Waals surface area contributed by atoms with E-state index in [9.17, 15) is 9.18 Å². The van der Waals surface area contributed by atoms with Gasteiger partial charge in [-0.3, -0.25) is 4.79 Å². The summed E-state index contributed by atoms with van der Waals surface area (Å²) in [5.74, 6) is -1.02. The summed E-state index contributed by atoms with van der Waals surface area (Å²) in [6, 6.07) is 16.9. The van der Waals surface area contributed by atoms with E-state index in [1.54, 1.807) is 30.5 Å². The van der Waals surface area contributed by atoms with E-state index in [0.29, 0.717) is 5.69 Å². The summed E-state index contributed by atoms with van der Waals surface area (Å²) in [5.41, 5.74) is 2.41. The number of nitrogens with zero attached hydrogens (tertiary/aromatic N) is 2. The van der Waals surface area contributed by atoms with Crippen molar-refractivity contribution in [3.05, 3.63) is 78.2 Å². The van der Waals surface area contributed by atoms with E-state index in [4.69, 9.17) is 0 Å². The zero-order valence-corrected chi connectivity index (χ0v) is 13.8. The molecule has 4 aromatic rings. The Morgan fingerprint density at radius 1 is 1.00 bits per heavy atom. The van der Waals surface area contributed by atoms with Gasteiger partial charge in [-0.25, -0.2) is 14.4 Å². The number of amides is 1. The van der Waals surface area contributed by atoms with Gasteiger partial charge < -0.3 is 5.32 Å². The number of thiazole rings is 1. The molecule has 0 saturated carbocycles. The molecule has 0 atom stereocenters. The lowest BCUT2D eigenvalue weighted by molar-refractivity contribution is 0.102. The zero-order chi connectivity index (χ0) is 17.2. The topological polar surface area (TPSA) is 54.9 Å². The number of nitrogens with one attached hydrogen (secondary N) is 1. The molecule has 0 fully saturated rings. The van der Waals surface area contributed by atoms with Gasteiger partial charge in [0.15, 0.2) is 0 Å². The first kappa shape index (κ1) is 15.4. The van der Waals surface area contributed by atoms with Crippen molar-refractivity contribution in [2.75, 3.05) is 5.32 Å². The van der Waals surface area contributed by atoms with Gasteiger partial charge in [0.1, 0.15) is 21.2 Å². The maximum atomic E-state index is 13.7.